The second-order valence-corrected chi connectivity index (χ2v) is 5.52. The van der Waals surface area contributed by atoms with Gasteiger partial charge in [-0.15, -0.1) is 0 Å². The average molecular weight is 315 g/mol. The number of alkyl carbamates (subject to hydrolysis) is 1. The van der Waals surface area contributed by atoms with Crippen LogP contribution in [0, 0.1) is 11.3 Å². The maximum Gasteiger partial charge on any atom is 0.407 e. The van der Waals surface area contributed by atoms with Gasteiger partial charge in [-0.1, -0.05) is 30.3 Å². The van der Waals surface area contributed by atoms with Crippen molar-refractivity contribution in [2.75, 3.05) is 13.1 Å². The summed E-state index contributed by atoms with van der Waals surface area (Å²) in [5, 5.41) is 11.4. The summed E-state index contributed by atoms with van der Waals surface area (Å²) in [4.78, 5) is 25.5. The van der Waals surface area contributed by atoms with E-state index in [2.05, 4.69) is 5.32 Å². The van der Waals surface area contributed by atoms with Gasteiger partial charge in [-0.2, -0.15) is 5.26 Å². The van der Waals surface area contributed by atoms with Gasteiger partial charge < -0.3 is 15.0 Å². The molecule has 0 bridgehead atoms. The smallest absolute Gasteiger partial charge is 0.407 e. The molecule has 1 atom stereocenters. The maximum absolute atomic E-state index is 11.9. The highest BCUT2D eigenvalue weighted by atomic mass is 16.5. The molecule has 1 aliphatic heterocycles. The van der Waals surface area contributed by atoms with Gasteiger partial charge in [0.2, 0.25) is 5.91 Å². The van der Waals surface area contributed by atoms with Crippen molar-refractivity contribution in [1.82, 2.24) is 10.2 Å². The summed E-state index contributed by atoms with van der Waals surface area (Å²) in [6.45, 7) is 1.25. The molecule has 1 unspecified atom stereocenters. The Morgan fingerprint density at radius 1 is 1.35 bits per heavy atom. The molecular weight excluding hydrogens is 294 g/mol. The molecule has 23 heavy (non-hydrogen) atoms. The van der Waals surface area contributed by atoms with Crippen LogP contribution < -0.4 is 5.32 Å². The lowest BCUT2D eigenvalue weighted by Gasteiger charge is -2.19. The standard InChI is InChI=1S/C17H21N3O3/c18-10-4-11-20-12-9-15(7-8-16(20)21)19-17(22)23-13-14-5-2-1-3-6-14/h1-3,5-6,15H,4,7-9,11-13H2,(H,19,22). The van der Waals surface area contributed by atoms with E-state index in [0.29, 0.717) is 38.8 Å². The molecule has 1 aliphatic rings. The van der Waals surface area contributed by atoms with E-state index in [9.17, 15) is 9.59 Å². The Hall–Kier alpha value is -2.55. The summed E-state index contributed by atoms with van der Waals surface area (Å²) in [7, 11) is 0. The lowest BCUT2D eigenvalue weighted by Crippen LogP contribution is -2.36. The van der Waals surface area contributed by atoms with Crippen molar-refractivity contribution in [3.63, 3.8) is 0 Å². The first-order valence-corrected chi connectivity index (χ1v) is 7.81. The lowest BCUT2D eigenvalue weighted by atomic mass is 10.1. The van der Waals surface area contributed by atoms with Crippen LogP contribution >= 0.6 is 0 Å². The summed E-state index contributed by atoms with van der Waals surface area (Å²) in [5.41, 5.74) is 0.932. The van der Waals surface area contributed by atoms with Gasteiger partial charge in [0.25, 0.3) is 0 Å². The summed E-state index contributed by atoms with van der Waals surface area (Å²) < 4.78 is 5.20. The van der Waals surface area contributed by atoms with Gasteiger partial charge >= 0.3 is 6.09 Å². The molecule has 2 amide bonds. The number of amides is 2. The summed E-state index contributed by atoms with van der Waals surface area (Å²) in [6.07, 6.45) is 1.54. The number of nitrogens with zero attached hydrogens (tertiary/aromatic N) is 2. The molecule has 1 aromatic carbocycles. The van der Waals surface area contributed by atoms with E-state index in [1.807, 2.05) is 36.4 Å². The molecule has 1 heterocycles. The second kappa shape index (κ2) is 8.79. The Morgan fingerprint density at radius 2 is 2.13 bits per heavy atom. The Balaban J connectivity index is 1.76. The molecule has 6 heteroatoms. The molecule has 0 aliphatic carbocycles. The minimum absolute atomic E-state index is 0.0437. The van der Waals surface area contributed by atoms with Crippen LogP contribution in [0.5, 0.6) is 0 Å². The zero-order chi connectivity index (χ0) is 16.5. The average Bonchev–Trinajstić information content (AvgIpc) is 2.74. The predicted molar refractivity (Wildman–Crippen MR) is 84.2 cm³/mol. The molecule has 0 saturated carbocycles. The Morgan fingerprint density at radius 3 is 2.87 bits per heavy atom. The van der Waals surface area contributed by atoms with E-state index in [1.54, 1.807) is 4.90 Å². The normalized spacial score (nSPS) is 18.0. The number of carbonyl (C=O) groups is 2. The fourth-order valence-electron chi connectivity index (χ4n) is 2.53. The minimum atomic E-state index is -0.461. The molecule has 122 valence electrons. The van der Waals surface area contributed by atoms with Gasteiger partial charge in [-0.05, 0) is 18.4 Å². The minimum Gasteiger partial charge on any atom is -0.445 e. The van der Waals surface area contributed by atoms with Crippen LogP contribution in [0.1, 0.15) is 31.2 Å². The number of nitriles is 1. The first kappa shape index (κ1) is 16.8. The van der Waals surface area contributed by atoms with Gasteiger partial charge in [-0.3, -0.25) is 4.79 Å². The number of nitrogens with one attached hydrogen (secondary N) is 1. The Kier molecular flexibility index (Phi) is 6.42. The fraction of sp³-hybridized carbons (Fsp3) is 0.471. The van der Waals surface area contributed by atoms with Gasteiger partial charge in [0.15, 0.2) is 0 Å². The number of hydrogen-bond donors (Lipinski definition) is 1. The van der Waals surface area contributed by atoms with Crippen molar-refractivity contribution in [1.29, 1.82) is 5.26 Å². The predicted octanol–water partition coefficient (Wildman–Crippen LogP) is 2.21. The SMILES string of the molecule is N#CCCN1CCC(NC(=O)OCc2ccccc2)CCC1=O. The molecule has 0 aromatic heterocycles. The van der Waals surface area contributed by atoms with Gasteiger partial charge in [0.05, 0.1) is 12.5 Å². The van der Waals surface area contributed by atoms with Crippen LogP contribution in [0.2, 0.25) is 0 Å². The highest BCUT2D eigenvalue weighted by Crippen LogP contribution is 2.13. The molecule has 0 spiro atoms. The number of ether oxygens (including phenoxy) is 1. The highest BCUT2D eigenvalue weighted by molar-refractivity contribution is 5.76. The summed E-state index contributed by atoms with van der Waals surface area (Å²) in [6, 6.07) is 11.5. The van der Waals surface area contributed by atoms with Crippen molar-refractivity contribution in [2.24, 2.45) is 0 Å². The van der Waals surface area contributed by atoms with Crippen molar-refractivity contribution in [3.8, 4) is 6.07 Å². The third-order valence-corrected chi connectivity index (χ3v) is 3.84. The van der Waals surface area contributed by atoms with Crippen molar-refractivity contribution >= 4 is 12.0 Å². The van der Waals surface area contributed by atoms with Gasteiger partial charge in [-0.25, -0.2) is 4.79 Å². The molecule has 1 aromatic rings. The van der Waals surface area contributed by atoms with E-state index in [-0.39, 0.29) is 18.6 Å². The fourth-order valence-corrected chi connectivity index (χ4v) is 2.53. The van der Waals surface area contributed by atoms with Gasteiger partial charge in [0, 0.05) is 25.6 Å². The van der Waals surface area contributed by atoms with Crippen molar-refractivity contribution in [2.45, 2.75) is 38.3 Å². The number of likely N-dealkylation sites (tertiary alicyclic amines) is 1. The van der Waals surface area contributed by atoms with E-state index in [0.717, 1.165) is 5.56 Å². The van der Waals surface area contributed by atoms with Crippen molar-refractivity contribution in [3.05, 3.63) is 35.9 Å². The van der Waals surface area contributed by atoms with E-state index in [1.165, 1.54) is 0 Å². The van der Waals surface area contributed by atoms with E-state index < -0.39 is 6.09 Å². The number of hydrogen-bond acceptors (Lipinski definition) is 4. The van der Waals surface area contributed by atoms with Crippen LogP contribution in [0.3, 0.4) is 0 Å². The highest BCUT2D eigenvalue weighted by Gasteiger charge is 2.23. The maximum atomic E-state index is 11.9. The number of carbonyl (C=O) groups excluding carboxylic acids is 2. The molecule has 1 fully saturated rings. The Bertz CT molecular complexity index is 568. The zero-order valence-electron chi connectivity index (χ0n) is 13.0. The van der Waals surface area contributed by atoms with Crippen molar-refractivity contribution < 1.29 is 14.3 Å². The number of rotatable bonds is 5. The molecule has 6 nitrogen and oxygen atoms in total. The van der Waals surface area contributed by atoms with Crippen LogP contribution in [0.15, 0.2) is 30.3 Å². The monoisotopic (exact) mass is 315 g/mol. The van der Waals surface area contributed by atoms with Gasteiger partial charge in [0.1, 0.15) is 6.61 Å². The van der Waals surface area contributed by atoms with E-state index >= 15 is 0 Å². The van der Waals surface area contributed by atoms with Crippen LogP contribution in [0.4, 0.5) is 4.79 Å². The van der Waals surface area contributed by atoms with E-state index in [4.69, 9.17) is 10.00 Å². The summed E-state index contributed by atoms with van der Waals surface area (Å²) in [5.74, 6) is 0.0437. The third kappa shape index (κ3) is 5.62. The molecule has 1 N–H and O–H groups in total. The molecule has 2 rings (SSSR count). The first-order valence-electron chi connectivity index (χ1n) is 7.81. The molecular formula is C17H21N3O3. The molecule has 1 saturated heterocycles. The second-order valence-electron chi connectivity index (χ2n) is 5.52. The van der Waals surface area contributed by atoms with Crippen LogP contribution in [-0.2, 0) is 16.1 Å². The first-order chi connectivity index (χ1) is 11.2. The molecule has 0 radical (unpaired) electrons. The zero-order valence-corrected chi connectivity index (χ0v) is 13.0. The summed E-state index contributed by atoms with van der Waals surface area (Å²) >= 11 is 0. The lowest BCUT2D eigenvalue weighted by molar-refractivity contribution is -0.130. The number of benzene rings is 1. The van der Waals surface area contributed by atoms with Crippen LogP contribution in [0.25, 0.3) is 0 Å². The topological polar surface area (TPSA) is 82.4 Å². The van der Waals surface area contributed by atoms with Crippen LogP contribution in [-0.4, -0.2) is 36.0 Å². The third-order valence-electron chi connectivity index (χ3n) is 3.84. The Labute approximate surface area is 136 Å². The largest absolute Gasteiger partial charge is 0.445 e. The quantitative estimate of drug-likeness (QED) is 0.903.